The van der Waals surface area contributed by atoms with Gasteiger partial charge in [-0.3, -0.25) is 0 Å². The maximum absolute atomic E-state index is 13.7. The topological polar surface area (TPSA) is 18.5 Å². The molecule has 0 saturated heterocycles. The van der Waals surface area contributed by atoms with E-state index >= 15 is 0 Å². The van der Waals surface area contributed by atoms with Crippen LogP contribution in [-0.4, -0.2) is 13.2 Å². The molecule has 114 valence electrons. The summed E-state index contributed by atoms with van der Waals surface area (Å²) in [5.74, 6) is -1.35. The molecular weight excluding hydrogens is 262 g/mol. The Labute approximate surface area is 120 Å². The highest BCUT2D eigenvalue weighted by Gasteiger charge is 2.16. The van der Waals surface area contributed by atoms with E-state index in [1.807, 2.05) is 0 Å². The molecular formula is C16H24F2O2. The number of rotatable bonds is 10. The van der Waals surface area contributed by atoms with E-state index in [1.165, 1.54) is 0 Å². The summed E-state index contributed by atoms with van der Waals surface area (Å²) >= 11 is 0. The van der Waals surface area contributed by atoms with Crippen LogP contribution in [0, 0.1) is 11.6 Å². The first-order chi connectivity index (χ1) is 9.70. The fourth-order valence-corrected chi connectivity index (χ4v) is 1.84. The molecule has 0 fully saturated rings. The third-order valence-electron chi connectivity index (χ3n) is 3.00. The number of ether oxygens (including phenoxy) is 2. The Morgan fingerprint density at radius 3 is 1.50 bits per heavy atom. The van der Waals surface area contributed by atoms with Crippen molar-refractivity contribution in [2.45, 2.75) is 52.4 Å². The third-order valence-corrected chi connectivity index (χ3v) is 3.00. The fourth-order valence-electron chi connectivity index (χ4n) is 1.84. The van der Waals surface area contributed by atoms with Crippen molar-refractivity contribution < 1.29 is 18.3 Å². The van der Waals surface area contributed by atoms with Gasteiger partial charge in [0.15, 0.2) is 23.1 Å². The van der Waals surface area contributed by atoms with Crippen LogP contribution in [0.3, 0.4) is 0 Å². The van der Waals surface area contributed by atoms with Crippen LogP contribution < -0.4 is 9.47 Å². The van der Waals surface area contributed by atoms with Crippen LogP contribution in [0.5, 0.6) is 11.5 Å². The van der Waals surface area contributed by atoms with Gasteiger partial charge >= 0.3 is 0 Å². The summed E-state index contributed by atoms with van der Waals surface area (Å²) in [4.78, 5) is 0. The van der Waals surface area contributed by atoms with Crippen molar-refractivity contribution in [2.24, 2.45) is 0 Å². The highest BCUT2D eigenvalue weighted by molar-refractivity contribution is 5.42. The lowest BCUT2D eigenvalue weighted by Gasteiger charge is -2.14. The molecule has 0 aromatic heterocycles. The molecule has 1 rings (SSSR count). The smallest absolute Gasteiger partial charge is 0.200 e. The molecule has 0 bridgehead atoms. The molecule has 0 aliphatic carbocycles. The Balaban J connectivity index is 2.66. The summed E-state index contributed by atoms with van der Waals surface area (Å²) in [6, 6.07) is 2.15. The quantitative estimate of drug-likeness (QED) is 0.557. The van der Waals surface area contributed by atoms with Crippen LogP contribution in [0.4, 0.5) is 8.78 Å². The Hall–Kier alpha value is -1.32. The van der Waals surface area contributed by atoms with Crippen molar-refractivity contribution in [3.8, 4) is 11.5 Å². The van der Waals surface area contributed by atoms with Gasteiger partial charge in [-0.05, 0) is 25.0 Å². The van der Waals surface area contributed by atoms with Gasteiger partial charge in [0.1, 0.15) is 0 Å². The Morgan fingerprint density at radius 2 is 1.15 bits per heavy atom. The summed E-state index contributed by atoms with van der Waals surface area (Å²) in [7, 11) is 0. The zero-order chi connectivity index (χ0) is 14.8. The maximum Gasteiger partial charge on any atom is 0.200 e. The number of unbranched alkanes of at least 4 members (excludes halogenated alkanes) is 4. The predicted octanol–water partition coefficient (Wildman–Crippen LogP) is 5.10. The lowest BCUT2D eigenvalue weighted by atomic mass is 10.2. The van der Waals surface area contributed by atoms with Crippen LogP contribution in [-0.2, 0) is 0 Å². The van der Waals surface area contributed by atoms with E-state index in [0.717, 1.165) is 50.7 Å². The molecule has 0 aliphatic rings. The Morgan fingerprint density at radius 1 is 0.750 bits per heavy atom. The first-order valence-electron chi connectivity index (χ1n) is 7.44. The lowest BCUT2D eigenvalue weighted by molar-refractivity contribution is 0.240. The van der Waals surface area contributed by atoms with Crippen molar-refractivity contribution in [3.63, 3.8) is 0 Å². The molecule has 0 aliphatic heterocycles. The van der Waals surface area contributed by atoms with E-state index in [1.54, 1.807) is 0 Å². The molecule has 0 unspecified atom stereocenters. The van der Waals surface area contributed by atoms with Gasteiger partial charge in [-0.15, -0.1) is 0 Å². The standard InChI is InChI=1S/C16H24F2O2/c1-3-5-7-11-19-15-13(17)9-10-14(18)16(15)20-12-8-6-4-2/h9-10H,3-8,11-12H2,1-2H3. The average molecular weight is 286 g/mol. The summed E-state index contributed by atoms with van der Waals surface area (Å²) in [5.41, 5.74) is 0. The molecule has 20 heavy (non-hydrogen) atoms. The van der Waals surface area contributed by atoms with Crippen molar-refractivity contribution in [1.82, 2.24) is 0 Å². The summed E-state index contributed by atoms with van der Waals surface area (Å²) in [6.45, 7) is 4.90. The molecule has 2 nitrogen and oxygen atoms in total. The molecule has 0 spiro atoms. The van der Waals surface area contributed by atoms with E-state index in [-0.39, 0.29) is 11.5 Å². The van der Waals surface area contributed by atoms with Crippen molar-refractivity contribution in [3.05, 3.63) is 23.8 Å². The molecule has 0 atom stereocenters. The minimum Gasteiger partial charge on any atom is -0.487 e. The normalized spacial score (nSPS) is 10.6. The van der Waals surface area contributed by atoms with E-state index in [2.05, 4.69) is 13.8 Å². The Bertz CT molecular complexity index is 357. The Kier molecular flexibility index (Phi) is 8.00. The van der Waals surface area contributed by atoms with E-state index in [4.69, 9.17) is 9.47 Å². The SMILES string of the molecule is CCCCCOc1c(F)ccc(F)c1OCCCCC. The fraction of sp³-hybridized carbons (Fsp3) is 0.625. The monoisotopic (exact) mass is 286 g/mol. The van der Waals surface area contributed by atoms with Gasteiger partial charge < -0.3 is 9.47 Å². The number of halogens is 2. The average Bonchev–Trinajstić information content (AvgIpc) is 2.45. The molecule has 0 saturated carbocycles. The van der Waals surface area contributed by atoms with Crippen LogP contribution in [0.15, 0.2) is 12.1 Å². The number of benzene rings is 1. The van der Waals surface area contributed by atoms with E-state index in [0.29, 0.717) is 13.2 Å². The number of hydrogen-bond donors (Lipinski definition) is 0. The highest BCUT2D eigenvalue weighted by Crippen LogP contribution is 2.33. The van der Waals surface area contributed by atoms with Gasteiger partial charge in [0.05, 0.1) is 13.2 Å². The first-order valence-corrected chi connectivity index (χ1v) is 7.44. The molecule has 1 aromatic carbocycles. The van der Waals surface area contributed by atoms with Gasteiger partial charge in [0.2, 0.25) is 0 Å². The van der Waals surface area contributed by atoms with Crippen molar-refractivity contribution in [1.29, 1.82) is 0 Å². The second-order valence-electron chi connectivity index (χ2n) is 4.80. The van der Waals surface area contributed by atoms with Crippen LogP contribution in [0.1, 0.15) is 52.4 Å². The van der Waals surface area contributed by atoms with Crippen molar-refractivity contribution >= 4 is 0 Å². The number of hydrogen-bond acceptors (Lipinski definition) is 2. The van der Waals surface area contributed by atoms with Gasteiger partial charge in [0, 0.05) is 0 Å². The van der Waals surface area contributed by atoms with Gasteiger partial charge in [-0.2, -0.15) is 0 Å². The molecule has 1 aromatic rings. The minimum atomic E-state index is -0.576. The van der Waals surface area contributed by atoms with E-state index < -0.39 is 11.6 Å². The summed E-state index contributed by atoms with van der Waals surface area (Å²) in [6.07, 6.45) is 5.75. The van der Waals surface area contributed by atoms with E-state index in [9.17, 15) is 8.78 Å². The van der Waals surface area contributed by atoms with Crippen LogP contribution in [0.25, 0.3) is 0 Å². The molecule has 0 heterocycles. The molecule has 4 heteroatoms. The van der Waals surface area contributed by atoms with Crippen molar-refractivity contribution in [2.75, 3.05) is 13.2 Å². The summed E-state index contributed by atoms with van der Waals surface area (Å²) < 4.78 is 38.2. The largest absolute Gasteiger partial charge is 0.487 e. The highest BCUT2D eigenvalue weighted by atomic mass is 19.1. The zero-order valence-corrected chi connectivity index (χ0v) is 12.4. The first kappa shape index (κ1) is 16.7. The van der Waals surface area contributed by atoms with Crippen LogP contribution in [0.2, 0.25) is 0 Å². The van der Waals surface area contributed by atoms with Gasteiger partial charge in [-0.1, -0.05) is 39.5 Å². The minimum absolute atomic E-state index is 0.0994. The second-order valence-corrected chi connectivity index (χ2v) is 4.80. The van der Waals surface area contributed by atoms with Gasteiger partial charge in [0.25, 0.3) is 0 Å². The van der Waals surface area contributed by atoms with Gasteiger partial charge in [-0.25, -0.2) is 8.78 Å². The van der Waals surface area contributed by atoms with Crippen LogP contribution >= 0.6 is 0 Å². The maximum atomic E-state index is 13.7. The zero-order valence-electron chi connectivity index (χ0n) is 12.4. The second kappa shape index (κ2) is 9.56. The predicted molar refractivity (Wildman–Crippen MR) is 76.4 cm³/mol. The molecule has 0 amide bonds. The summed E-state index contributed by atoms with van der Waals surface area (Å²) in [5, 5.41) is 0. The third kappa shape index (κ3) is 5.35. The molecule has 0 radical (unpaired) electrons. The molecule has 0 N–H and O–H groups in total. The lowest BCUT2D eigenvalue weighted by Crippen LogP contribution is -2.06.